The molecule has 1 fully saturated rings. The van der Waals surface area contributed by atoms with Gasteiger partial charge in [-0.05, 0) is 0 Å². The third kappa shape index (κ3) is 1.41. The smallest absolute Gasteiger partial charge is 0.408 e. The summed E-state index contributed by atoms with van der Waals surface area (Å²) < 4.78 is 3.97. The number of hydrogen-bond donors (Lipinski definition) is 8. The largest absolute Gasteiger partial charge is 0.537 e. The van der Waals surface area contributed by atoms with Crippen LogP contribution in [0.25, 0.3) is 0 Å². The van der Waals surface area contributed by atoms with Gasteiger partial charge in [-0.1, -0.05) is 0 Å². The minimum absolute atomic E-state index is 2.25. The lowest BCUT2D eigenvalue weighted by atomic mass is 10.7. The van der Waals surface area contributed by atoms with Crippen molar-refractivity contribution in [2.75, 3.05) is 0 Å². The van der Waals surface area contributed by atoms with E-state index in [-0.39, 0.29) is 0 Å². The van der Waals surface area contributed by atoms with E-state index in [2.05, 4.69) is 4.43 Å². The van der Waals surface area contributed by atoms with Crippen LogP contribution in [0.4, 0.5) is 0 Å². The summed E-state index contributed by atoms with van der Waals surface area (Å²) in [5.41, 5.74) is -2.32. The van der Waals surface area contributed by atoms with Gasteiger partial charge >= 0.3 is 24.0 Å². The van der Waals surface area contributed by atoms with Gasteiger partial charge in [-0.2, -0.15) is 0 Å². The molecule has 8 N–H and O–H groups in total. The summed E-state index contributed by atoms with van der Waals surface area (Å²) in [6.07, 6.45) is -2.25. The Bertz CT molecular complexity index is 238. The molecular formula is C2H10O9Si3. The van der Waals surface area contributed by atoms with Gasteiger partial charge in [0.05, 0.1) is 0 Å². The summed E-state index contributed by atoms with van der Waals surface area (Å²) in [6, 6.07) is 0. The van der Waals surface area contributed by atoms with E-state index in [1.807, 2.05) is 0 Å². The second-order valence-electron chi connectivity index (χ2n) is 2.96. The lowest BCUT2D eigenvalue weighted by Gasteiger charge is -2.43. The topological polar surface area (TPSA) is 171 Å². The average molecular weight is 262 g/mol. The Labute approximate surface area is 80.1 Å². The van der Waals surface area contributed by atoms with Crippen LogP contribution in [0.15, 0.2) is 0 Å². The highest BCUT2D eigenvalue weighted by Crippen LogP contribution is 2.28. The van der Waals surface area contributed by atoms with Crippen LogP contribution in [-0.4, -0.2) is 75.0 Å². The van der Waals surface area contributed by atoms with Gasteiger partial charge in [-0.25, -0.2) is 0 Å². The van der Waals surface area contributed by atoms with Gasteiger partial charge in [0.25, 0.3) is 0 Å². The van der Waals surface area contributed by atoms with Gasteiger partial charge in [0.1, 0.15) is 5.73 Å². The fourth-order valence-corrected chi connectivity index (χ4v) is 13.2. The molecule has 0 saturated carbocycles. The monoisotopic (exact) mass is 262 g/mol. The second kappa shape index (κ2) is 3.14. The number of aliphatic hydroxyl groups is 2. The third-order valence-corrected chi connectivity index (χ3v) is 18.8. The molecule has 0 spiro atoms. The van der Waals surface area contributed by atoms with E-state index in [9.17, 15) is 0 Å². The lowest BCUT2D eigenvalue weighted by molar-refractivity contribution is -0.118. The highest BCUT2D eigenvalue weighted by molar-refractivity contribution is 7.57. The fourth-order valence-electron chi connectivity index (χ4n) is 0.960. The summed E-state index contributed by atoms with van der Waals surface area (Å²) in [4.78, 5) is 54.6. The first-order valence-electron chi connectivity index (χ1n) is 3.42. The quantitative estimate of drug-likeness (QED) is 0.198. The second-order valence-corrected chi connectivity index (χ2v) is 17.6. The zero-order valence-electron chi connectivity index (χ0n) is 6.64. The molecule has 0 bridgehead atoms. The molecule has 1 saturated heterocycles. The molecule has 2 unspecified atom stereocenters. The lowest BCUT2D eigenvalue weighted by Crippen LogP contribution is -2.89. The van der Waals surface area contributed by atoms with Gasteiger partial charge in [0.2, 0.25) is 0 Å². The van der Waals surface area contributed by atoms with Gasteiger partial charge in [-0.3, -0.25) is 0 Å². The maximum atomic E-state index is 9.16. The summed E-state index contributed by atoms with van der Waals surface area (Å²) in [7, 11) is -15.6. The van der Waals surface area contributed by atoms with Gasteiger partial charge < -0.3 is 43.4 Å². The third-order valence-electron chi connectivity index (χ3n) is 1.93. The van der Waals surface area contributed by atoms with Gasteiger partial charge in [0, 0.05) is 0 Å². The van der Waals surface area contributed by atoms with Crippen molar-refractivity contribution >= 4 is 24.0 Å². The molecule has 0 aromatic rings. The van der Waals surface area contributed by atoms with Crippen LogP contribution in [0, 0.1) is 0 Å². The van der Waals surface area contributed by atoms with Gasteiger partial charge in [0.15, 0.2) is 6.29 Å². The Balaban J connectivity index is 3.15. The van der Waals surface area contributed by atoms with Gasteiger partial charge in [-0.15, -0.1) is 0 Å². The fraction of sp³-hybridized carbons (Fsp3) is 1.00. The molecule has 84 valence electrons. The van der Waals surface area contributed by atoms with E-state index in [0.29, 0.717) is 0 Å². The van der Waals surface area contributed by atoms with E-state index in [1.165, 1.54) is 0 Å². The van der Waals surface area contributed by atoms with Crippen molar-refractivity contribution in [3.8, 4) is 0 Å². The predicted molar refractivity (Wildman–Crippen MR) is 43.7 cm³/mol. The molecule has 14 heavy (non-hydrogen) atoms. The first kappa shape index (κ1) is 12.4. The van der Waals surface area contributed by atoms with Crippen LogP contribution in [0.1, 0.15) is 0 Å². The van der Waals surface area contributed by atoms with E-state index in [1.54, 1.807) is 0 Å². The summed E-state index contributed by atoms with van der Waals surface area (Å²) in [6.45, 7) is 0. The number of hydrogen-bond acceptors (Lipinski definition) is 9. The van der Waals surface area contributed by atoms with Crippen LogP contribution >= 0.6 is 0 Å². The standard InChI is InChI=1S/C2H10O9Si3/c3-1-2(4)12(5,6)14(9,10)13(7,8)11-1/h1-10H. The SMILES string of the molecule is OC1O[Si](O)(O)[Si](O)(O)[Si](O)(O)C1O. The van der Waals surface area contributed by atoms with Crippen LogP contribution in [0.3, 0.4) is 0 Å². The molecule has 2 atom stereocenters. The zero-order valence-corrected chi connectivity index (χ0v) is 9.64. The maximum Gasteiger partial charge on any atom is 0.537 e. The normalized spacial score (nSPS) is 39.4. The van der Waals surface area contributed by atoms with Crippen molar-refractivity contribution in [3.05, 3.63) is 0 Å². The van der Waals surface area contributed by atoms with E-state index in [0.717, 1.165) is 0 Å². The van der Waals surface area contributed by atoms with E-state index >= 15 is 0 Å². The van der Waals surface area contributed by atoms with E-state index in [4.69, 9.17) is 39.0 Å². The molecule has 9 nitrogen and oxygen atoms in total. The summed E-state index contributed by atoms with van der Waals surface area (Å²) >= 11 is 0. The van der Waals surface area contributed by atoms with Crippen molar-refractivity contribution in [2.45, 2.75) is 12.0 Å². The maximum absolute atomic E-state index is 9.16. The Kier molecular flexibility index (Phi) is 2.77. The van der Waals surface area contributed by atoms with Crippen molar-refractivity contribution in [1.29, 1.82) is 0 Å². The van der Waals surface area contributed by atoms with Crippen LogP contribution in [0.2, 0.25) is 0 Å². The summed E-state index contributed by atoms with van der Waals surface area (Å²) in [5.74, 6) is 0. The van der Waals surface area contributed by atoms with Crippen molar-refractivity contribution in [2.24, 2.45) is 0 Å². The minimum atomic E-state index is -5.28. The average Bonchev–Trinajstić information content (AvgIpc) is 1.99. The summed E-state index contributed by atoms with van der Waals surface area (Å²) in [5, 5.41) is 17.8. The minimum Gasteiger partial charge on any atom is -0.408 e. The number of rotatable bonds is 0. The molecular weight excluding hydrogens is 252 g/mol. The molecule has 0 aromatic carbocycles. The van der Waals surface area contributed by atoms with Crippen molar-refractivity contribution in [3.63, 3.8) is 0 Å². The van der Waals surface area contributed by atoms with Crippen LogP contribution in [0.5, 0.6) is 0 Å². The van der Waals surface area contributed by atoms with E-state index < -0.39 is 36.0 Å². The number of aliphatic hydroxyl groups excluding tert-OH is 2. The molecule has 1 aliphatic heterocycles. The zero-order chi connectivity index (χ0) is 11.4. The van der Waals surface area contributed by atoms with Crippen LogP contribution < -0.4 is 0 Å². The first-order chi connectivity index (χ1) is 6.04. The highest BCUT2D eigenvalue weighted by Gasteiger charge is 2.82. The van der Waals surface area contributed by atoms with Crippen LogP contribution in [-0.2, 0) is 4.43 Å². The first-order valence-corrected chi connectivity index (χ1v) is 11.1. The molecule has 0 aliphatic carbocycles. The molecule has 0 aromatic heterocycles. The predicted octanol–water partition coefficient (Wildman–Crippen LogP) is -5.83. The Morgan fingerprint density at radius 2 is 1.29 bits per heavy atom. The molecule has 0 radical (unpaired) electrons. The Morgan fingerprint density at radius 3 is 1.71 bits per heavy atom. The highest BCUT2D eigenvalue weighted by atomic mass is 29.7. The molecule has 1 rings (SSSR count). The molecule has 0 amide bonds. The van der Waals surface area contributed by atoms with Crippen molar-refractivity contribution in [1.82, 2.24) is 0 Å². The molecule has 1 aliphatic rings. The Morgan fingerprint density at radius 1 is 0.857 bits per heavy atom. The van der Waals surface area contributed by atoms with Crippen molar-refractivity contribution < 1.29 is 43.4 Å². The Hall–Kier alpha value is 0.291. The molecule has 12 heteroatoms. The molecule has 1 heterocycles.